The summed E-state index contributed by atoms with van der Waals surface area (Å²) < 4.78 is 23.6. The van der Waals surface area contributed by atoms with Crippen LogP contribution in [0.3, 0.4) is 0 Å². The number of hydrogen-bond acceptors (Lipinski definition) is 5. The van der Waals surface area contributed by atoms with Crippen LogP contribution in [-0.4, -0.2) is 73.4 Å². The van der Waals surface area contributed by atoms with Crippen LogP contribution in [0.2, 0.25) is 0 Å². The molecule has 0 radical (unpaired) electrons. The first-order chi connectivity index (χ1) is 29.0. The van der Waals surface area contributed by atoms with Crippen LogP contribution >= 0.6 is 7.82 Å². The van der Waals surface area contributed by atoms with E-state index in [1.54, 1.807) is 6.08 Å². The highest BCUT2D eigenvalue weighted by Gasteiger charge is 2.27. The van der Waals surface area contributed by atoms with Crippen molar-refractivity contribution in [2.75, 3.05) is 40.9 Å². The van der Waals surface area contributed by atoms with E-state index in [0.29, 0.717) is 17.4 Å². The molecule has 0 aliphatic carbocycles. The molecule has 3 unspecified atom stereocenters. The van der Waals surface area contributed by atoms with Gasteiger partial charge in [-0.05, 0) is 70.6 Å². The zero-order chi connectivity index (χ0) is 44.3. The molecule has 0 fully saturated rings. The van der Waals surface area contributed by atoms with Gasteiger partial charge in [0, 0.05) is 6.42 Å². The van der Waals surface area contributed by atoms with Crippen molar-refractivity contribution in [2.45, 2.75) is 219 Å². The standard InChI is InChI=1S/C51H95N2O6P/c1-6-8-10-12-14-16-18-20-22-24-26-28-30-32-34-36-38-40-42-44-50(54)49(48-59-60(56,57)58-47-46-53(3,4)5)52-51(55)45-43-41-39-37-35-33-31-29-27-25-23-21-19-17-15-13-11-9-7-2/h15,17,21,23,27,29,34,36,42,44,49-50,54H,6-14,16,18-20,22,24-26,28,30-33,35,37-41,43,45-48H2,1-5H3,(H-,52,55,56,57)/p+1/b17-15-,23-21-,29-27-,36-34+,44-42+. The molecule has 1 amide bonds. The highest BCUT2D eigenvalue weighted by atomic mass is 31.2. The summed E-state index contributed by atoms with van der Waals surface area (Å²) in [5.74, 6) is -0.201. The van der Waals surface area contributed by atoms with Gasteiger partial charge in [0.15, 0.2) is 0 Å². The summed E-state index contributed by atoms with van der Waals surface area (Å²) in [6, 6.07) is -0.872. The Balaban J connectivity index is 4.44. The number of hydrogen-bond donors (Lipinski definition) is 3. The Morgan fingerprint density at radius 1 is 0.567 bits per heavy atom. The minimum absolute atomic E-state index is 0.0511. The van der Waals surface area contributed by atoms with E-state index in [9.17, 15) is 19.4 Å². The second kappa shape index (κ2) is 42.5. The number of nitrogens with one attached hydrogen (secondary N) is 1. The van der Waals surface area contributed by atoms with Gasteiger partial charge in [-0.15, -0.1) is 0 Å². The van der Waals surface area contributed by atoms with Gasteiger partial charge in [0.1, 0.15) is 13.2 Å². The van der Waals surface area contributed by atoms with E-state index in [2.05, 4.69) is 67.8 Å². The van der Waals surface area contributed by atoms with Gasteiger partial charge in [-0.2, -0.15) is 0 Å². The van der Waals surface area contributed by atoms with Crippen LogP contribution < -0.4 is 5.32 Å². The molecule has 9 heteroatoms. The minimum Gasteiger partial charge on any atom is -0.387 e. The average Bonchev–Trinajstić information content (AvgIpc) is 3.20. The number of carbonyl (C=O) groups excluding carboxylic acids is 1. The maximum Gasteiger partial charge on any atom is 0.472 e. The summed E-state index contributed by atoms with van der Waals surface area (Å²) in [7, 11) is 1.54. The molecule has 3 N–H and O–H groups in total. The zero-order valence-corrected chi connectivity index (χ0v) is 40.6. The predicted molar refractivity (Wildman–Crippen MR) is 258 cm³/mol. The molecule has 0 spiro atoms. The maximum absolute atomic E-state index is 12.9. The largest absolute Gasteiger partial charge is 0.472 e. The Hall–Kier alpha value is -1.80. The number of amides is 1. The number of rotatable bonds is 44. The Labute approximate surface area is 371 Å². The van der Waals surface area contributed by atoms with Crippen LogP contribution in [-0.2, 0) is 18.4 Å². The third-order valence-electron chi connectivity index (χ3n) is 10.7. The van der Waals surface area contributed by atoms with Crippen LogP contribution in [0, 0.1) is 0 Å². The fourth-order valence-electron chi connectivity index (χ4n) is 6.77. The lowest BCUT2D eigenvalue weighted by molar-refractivity contribution is -0.870. The quantitative estimate of drug-likeness (QED) is 0.0244. The SMILES string of the molecule is CCCCC/C=C\C/C=C\C/C=C\CCCCCCCCC(=O)NC(COP(=O)(O)OCC[N+](C)(C)C)C(O)/C=C/CC/C=C/CCCCCCCCCCCCCCC. The third-order valence-corrected chi connectivity index (χ3v) is 11.7. The van der Waals surface area contributed by atoms with Gasteiger partial charge < -0.3 is 19.8 Å². The lowest BCUT2D eigenvalue weighted by Gasteiger charge is -2.25. The predicted octanol–water partition coefficient (Wildman–Crippen LogP) is 14.2. The van der Waals surface area contributed by atoms with Gasteiger partial charge >= 0.3 is 7.82 Å². The van der Waals surface area contributed by atoms with E-state index in [1.165, 1.54) is 122 Å². The van der Waals surface area contributed by atoms with Crippen molar-refractivity contribution in [1.29, 1.82) is 0 Å². The summed E-state index contributed by atoms with van der Waals surface area (Å²) in [4.78, 5) is 23.2. The molecule has 0 saturated heterocycles. The number of aliphatic hydroxyl groups excluding tert-OH is 1. The van der Waals surface area contributed by atoms with E-state index in [0.717, 1.165) is 64.2 Å². The van der Waals surface area contributed by atoms with Crippen molar-refractivity contribution in [3.05, 3.63) is 60.8 Å². The first-order valence-corrected chi connectivity index (χ1v) is 26.2. The van der Waals surface area contributed by atoms with Crippen molar-refractivity contribution >= 4 is 13.7 Å². The molecule has 0 aromatic heterocycles. The second-order valence-electron chi connectivity index (χ2n) is 17.8. The number of quaternary nitrogens is 1. The van der Waals surface area contributed by atoms with E-state index in [1.807, 2.05) is 27.2 Å². The van der Waals surface area contributed by atoms with E-state index in [4.69, 9.17) is 9.05 Å². The Kier molecular flexibility index (Phi) is 41.2. The number of nitrogens with zero attached hydrogens (tertiary/aromatic N) is 1. The highest BCUT2D eigenvalue weighted by molar-refractivity contribution is 7.47. The normalized spacial score (nSPS) is 14.7. The lowest BCUT2D eigenvalue weighted by atomic mass is 10.0. The third kappa shape index (κ3) is 44.3. The number of likely N-dealkylation sites (N-methyl/N-ethyl adjacent to an activating group) is 1. The number of phosphoric ester groups is 1. The number of carbonyl (C=O) groups is 1. The van der Waals surface area contributed by atoms with Gasteiger partial charge in [0.05, 0.1) is 39.9 Å². The smallest absolute Gasteiger partial charge is 0.387 e. The van der Waals surface area contributed by atoms with Crippen molar-refractivity contribution < 1.29 is 32.9 Å². The Morgan fingerprint density at radius 2 is 0.967 bits per heavy atom. The van der Waals surface area contributed by atoms with Gasteiger partial charge in [0.25, 0.3) is 0 Å². The summed E-state index contributed by atoms with van der Waals surface area (Å²) in [6.07, 6.45) is 55.8. The first kappa shape index (κ1) is 58.2. The maximum atomic E-state index is 12.9. The fraction of sp³-hybridized carbons (Fsp3) is 0.784. The topological polar surface area (TPSA) is 105 Å². The molecular weight excluding hydrogens is 768 g/mol. The number of phosphoric acid groups is 1. The molecule has 0 saturated carbocycles. The average molecular weight is 864 g/mol. The molecule has 350 valence electrons. The molecule has 0 heterocycles. The van der Waals surface area contributed by atoms with Gasteiger partial charge in [0.2, 0.25) is 5.91 Å². The molecule has 60 heavy (non-hydrogen) atoms. The second-order valence-corrected chi connectivity index (χ2v) is 19.3. The van der Waals surface area contributed by atoms with Crippen LogP contribution in [0.1, 0.15) is 206 Å². The molecule has 0 aromatic rings. The van der Waals surface area contributed by atoms with Gasteiger partial charge in [-0.3, -0.25) is 13.8 Å². The monoisotopic (exact) mass is 864 g/mol. The van der Waals surface area contributed by atoms with Crippen molar-refractivity contribution in [3.63, 3.8) is 0 Å². The summed E-state index contributed by atoms with van der Waals surface area (Å²) >= 11 is 0. The van der Waals surface area contributed by atoms with Crippen LogP contribution in [0.5, 0.6) is 0 Å². The molecule has 0 rings (SSSR count). The van der Waals surface area contributed by atoms with Gasteiger partial charge in [-0.25, -0.2) is 4.57 Å². The van der Waals surface area contributed by atoms with Crippen LogP contribution in [0.25, 0.3) is 0 Å². The molecule has 0 aliphatic heterocycles. The van der Waals surface area contributed by atoms with Crippen LogP contribution in [0.15, 0.2) is 60.8 Å². The zero-order valence-electron chi connectivity index (χ0n) is 39.7. The number of allylic oxidation sites excluding steroid dienone is 9. The molecule has 0 aliphatic rings. The summed E-state index contributed by atoms with van der Waals surface area (Å²) in [5.41, 5.74) is 0. The number of aliphatic hydroxyl groups is 1. The van der Waals surface area contributed by atoms with Crippen molar-refractivity contribution in [2.24, 2.45) is 0 Å². The molecule has 0 bridgehead atoms. The van der Waals surface area contributed by atoms with Crippen molar-refractivity contribution in [3.8, 4) is 0 Å². The van der Waals surface area contributed by atoms with Gasteiger partial charge in [-0.1, -0.05) is 190 Å². The van der Waals surface area contributed by atoms with E-state index >= 15 is 0 Å². The Bertz CT molecular complexity index is 1160. The molecule has 3 atom stereocenters. The summed E-state index contributed by atoms with van der Waals surface area (Å²) in [6.45, 7) is 4.75. The first-order valence-electron chi connectivity index (χ1n) is 24.7. The van der Waals surface area contributed by atoms with E-state index in [-0.39, 0.29) is 19.1 Å². The number of unbranched alkanes of at least 4 members (excludes halogenated alkanes) is 23. The Morgan fingerprint density at radius 3 is 1.48 bits per heavy atom. The highest BCUT2D eigenvalue weighted by Crippen LogP contribution is 2.43. The molecular formula is C51H96N2O6P+. The lowest BCUT2D eigenvalue weighted by Crippen LogP contribution is -2.45. The van der Waals surface area contributed by atoms with E-state index < -0.39 is 20.0 Å². The van der Waals surface area contributed by atoms with Crippen LogP contribution in [0.4, 0.5) is 0 Å². The van der Waals surface area contributed by atoms with Crippen molar-refractivity contribution in [1.82, 2.24) is 5.32 Å². The molecule has 0 aromatic carbocycles. The molecule has 8 nitrogen and oxygen atoms in total. The minimum atomic E-state index is -4.36. The fourth-order valence-corrected chi connectivity index (χ4v) is 7.50. The summed E-state index contributed by atoms with van der Waals surface area (Å²) in [5, 5.41) is 13.8.